The lowest BCUT2D eigenvalue weighted by molar-refractivity contribution is -0.116. The summed E-state index contributed by atoms with van der Waals surface area (Å²) in [7, 11) is -1.99. The first-order chi connectivity index (χ1) is 12.3. The van der Waals surface area contributed by atoms with Crippen molar-refractivity contribution in [1.29, 1.82) is 0 Å². The highest BCUT2D eigenvalue weighted by Crippen LogP contribution is 2.31. The molecule has 0 saturated heterocycles. The van der Waals surface area contributed by atoms with Crippen molar-refractivity contribution in [3.05, 3.63) is 59.2 Å². The van der Waals surface area contributed by atoms with Crippen LogP contribution in [0.5, 0.6) is 0 Å². The summed E-state index contributed by atoms with van der Waals surface area (Å²) < 4.78 is 27.2. The standard InChI is InChI=1S/C20H24N2O3S/c1-4-16-5-7-17(8-6-16)14-21(3)26(24,25)19-9-10-20-18(13-19)11-12-22(20)15(2)23/h5-10,13H,4,11-12,14H2,1-3H3. The zero-order valence-corrected chi connectivity index (χ0v) is 16.2. The zero-order chi connectivity index (χ0) is 18.9. The van der Waals surface area contributed by atoms with Crippen LogP contribution in [0.3, 0.4) is 0 Å². The van der Waals surface area contributed by atoms with E-state index < -0.39 is 10.0 Å². The van der Waals surface area contributed by atoms with Crippen molar-refractivity contribution in [3.8, 4) is 0 Å². The number of carbonyl (C=O) groups excluding carboxylic acids is 1. The van der Waals surface area contributed by atoms with E-state index in [1.165, 1.54) is 16.8 Å². The maximum Gasteiger partial charge on any atom is 0.243 e. The van der Waals surface area contributed by atoms with E-state index in [0.29, 0.717) is 19.5 Å². The lowest BCUT2D eigenvalue weighted by Gasteiger charge is -2.19. The Kier molecular flexibility index (Phi) is 5.16. The van der Waals surface area contributed by atoms with Crippen molar-refractivity contribution < 1.29 is 13.2 Å². The van der Waals surface area contributed by atoms with Crippen molar-refractivity contribution >= 4 is 21.6 Å². The van der Waals surface area contributed by atoms with Gasteiger partial charge in [0.2, 0.25) is 15.9 Å². The minimum atomic E-state index is -3.58. The van der Waals surface area contributed by atoms with Gasteiger partial charge in [-0.05, 0) is 47.7 Å². The molecule has 2 aromatic rings. The van der Waals surface area contributed by atoms with E-state index in [1.807, 2.05) is 24.3 Å². The van der Waals surface area contributed by atoms with Crippen LogP contribution in [-0.4, -0.2) is 32.2 Å². The zero-order valence-electron chi connectivity index (χ0n) is 15.4. The summed E-state index contributed by atoms with van der Waals surface area (Å²) in [6.07, 6.45) is 1.64. The van der Waals surface area contributed by atoms with Crippen LogP contribution in [0.25, 0.3) is 0 Å². The third-order valence-corrected chi connectivity index (χ3v) is 6.67. The molecule has 0 saturated carbocycles. The molecule has 2 aromatic carbocycles. The number of rotatable bonds is 5. The molecule has 5 nitrogen and oxygen atoms in total. The highest BCUT2D eigenvalue weighted by molar-refractivity contribution is 7.89. The van der Waals surface area contributed by atoms with Gasteiger partial charge < -0.3 is 4.90 Å². The van der Waals surface area contributed by atoms with E-state index in [4.69, 9.17) is 0 Å². The van der Waals surface area contributed by atoms with E-state index in [9.17, 15) is 13.2 Å². The molecular weight excluding hydrogens is 348 g/mol. The van der Waals surface area contributed by atoms with Crippen LogP contribution < -0.4 is 4.90 Å². The predicted molar refractivity (Wildman–Crippen MR) is 103 cm³/mol. The van der Waals surface area contributed by atoms with E-state index in [2.05, 4.69) is 6.92 Å². The Hall–Kier alpha value is -2.18. The lowest BCUT2D eigenvalue weighted by atomic mass is 10.1. The quantitative estimate of drug-likeness (QED) is 0.811. The number of benzene rings is 2. The molecule has 26 heavy (non-hydrogen) atoms. The Bertz CT molecular complexity index is 921. The molecule has 0 radical (unpaired) electrons. The number of anilines is 1. The third kappa shape index (κ3) is 3.52. The largest absolute Gasteiger partial charge is 0.312 e. The number of fused-ring (bicyclic) bond motifs is 1. The van der Waals surface area contributed by atoms with Gasteiger partial charge in [0, 0.05) is 32.7 Å². The van der Waals surface area contributed by atoms with Crippen molar-refractivity contribution in [2.45, 2.75) is 38.1 Å². The minimum Gasteiger partial charge on any atom is -0.312 e. The number of hydrogen-bond acceptors (Lipinski definition) is 3. The normalized spacial score (nSPS) is 13.9. The molecule has 0 N–H and O–H groups in total. The number of aryl methyl sites for hydroxylation is 1. The molecule has 0 spiro atoms. The van der Waals surface area contributed by atoms with Crippen LogP contribution in [0.4, 0.5) is 5.69 Å². The highest BCUT2D eigenvalue weighted by atomic mass is 32.2. The Morgan fingerprint density at radius 1 is 1.12 bits per heavy atom. The number of amides is 1. The average Bonchev–Trinajstić information content (AvgIpc) is 3.05. The number of hydrogen-bond donors (Lipinski definition) is 0. The molecule has 3 rings (SSSR count). The first kappa shape index (κ1) is 18.6. The Balaban J connectivity index is 1.82. The third-order valence-electron chi connectivity index (χ3n) is 4.87. The summed E-state index contributed by atoms with van der Waals surface area (Å²) in [5.41, 5.74) is 3.90. The Morgan fingerprint density at radius 3 is 2.38 bits per heavy atom. The molecule has 1 amide bonds. The molecule has 1 aliphatic rings. The molecule has 138 valence electrons. The molecule has 0 aliphatic carbocycles. The van der Waals surface area contributed by atoms with Gasteiger partial charge in [0.25, 0.3) is 0 Å². The van der Waals surface area contributed by atoms with E-state index in [0.717, 1.165) is 23.2 Å². The van der Waals surface area contributed by atoms with Crippen LogP contribution in [0.15, 0.2) is 47.4 Å². The van der Waals surface area contributed by atoms with Crippen molar-refractivity contribution in [2.24, 2.45) is 0 Å². The summed E-state index contributed by atoms with van der Waals surface area (Å²) >= 11 is 0. The van der Waals surface area contributed by atoms with Gasteiger partial charge in [0.15, 0.2) is 0 Å². The maximum atomic E-state index is 12.9. The van der Waals surface area contributed by atoms with Gasteiger partial charge in [-0.25, -0.2) is 8.42 Å². The topological polar surface area (TPSA) is 57.7 Å². The molecule has 1 heterocycles. The van der Waals surface area contributed by atoms with Gasteiger partial charge in [0.05, 0.1) is 4.90 Å². The summed E-state index contributed by atoms with van der Waals surface area (Å²) in [5, 5.41) is 0. The first-order valence-electron chi connectivity index (χ1n) is 8.78. The van der Waals surface area contributed by atoms with Crippen LogP contribution in [0.2, 0.25) is 0 Å². The summed E-state index contributed by atoms with van der Waals surface area (Å²) in [6, 6.07) is 13.0. The summed E-state index contributed by atoms with van der Waals surface area (Å²) in [6.45, 7) is 4.54. The monoisotopic (exact) mass is 372 g/mol. The van der Waals surface area contributed by atoms with E-state index in [-0.39, 0.29) is 10.8 Å². The smallest absolute Gasteiger partial charge is 0.243 e. The van der Waals surface area contributed by atoms with Crippen LogP contribution >= 0.6 is 0 Å². The fourth-order valence-corrected chi connectivity index (χ4v) is 4.48. The lowest BCUT2D eigenvalue weighted by Crippen LogP contribution is -2.27. The maximum absolute atomic E-state index is 12.9. The average molecular weight is 372 g/mol. The molecule has 1 aliphatic heterocycles. The minimum absolute atomic E-state index is 0.0213. The SMILES string of the molecule is CCc1ccc(CN(C)S(=O)(=O)c2ccc3c(c2)CCN3C(C)=O)cc1. The fourth-order valence-electron chi connectivity index (χ4n) is 3.27. The van der Waals surface area contributed by atoms with Gasteiger partial charge in [-0.3, -0.25) is 4.79 Å². The first-order valence-corrected chi connectivity index (χ1v) is 10.2. The Labute approximate surface area is 155 Å². The molecule has 0 atom stereocenters. The van der Waals surface area contributed by atoms with E-state index >= 15 is 0 Å². The van der Waals surface area contributed by atoms with Crippen LogP contribution in [0.1, 0.15) is 30.5 Å². The predicted octanol–water partition coefficient (Wildman–Crippen LogP) is 2.98. The van der Waals surface area contributed by atoms with Crippen molar-refractivity contribution in [2.75, 3.05) is 18.5 Å². The van der Waals surface area contributed by atoms with Crippen LogP contribution in [-0.2, 0) is 34.2 Å². The second-order valence-electron chi connectivity index (χ2n) is 6.64. The molecule has 0 aromatic heterocycles. The molecule has 0 unspecified atom stereocenters. The van der Waals surface area contributed by atoms with Crippen LogP contribution in [0, 0.1) is 0 Å². The van der Waals surface area contributed by atoms with Crippen molar-refractivity contribution in [3.63, 3.8) is 0 Å². The molecule has 6 heteroatoms. The van der Waals surface area contributed by atoms with Gasteiger partial charge >= 0.3 is 0 Å². The molecule has 0 fully saturated rings. The van der Waals surface area contributed by atoms with E-state index in [1.54, 1.807) is 30.1 Å². The number of sulfonamides is 1. The fraction of sp³-hybridized carbons (Fsp3) is 0.350. The van der Waals surface area contributed by atoms with Gasteiger partial charge in [0.1, 0.15) is 0 Å². The molecular formula is C20H24N2O3S. The van der Waals surface area contributed by atoms with Crippen molar-refractivity contribution in [1.82, 2.24) is 4.31 Å². The highest BCUT2D eigenvalue weighted by Gasteiger charge is 2.26. The second-order valence-corrected chi connectivity index (χ2v) is 8.69. The van der Waals surface area contributed by atoms with Gasteiger partial charge in [-0.2, -0.15) is 4.31 Å². The summed E-state index contributed by atoms with van der Waals surface area (Å²) in [4.78, 5) is 13.6. The second kappa shape index (κ2) is 7.21. The van der Waals surface area contributed by atoms with Gasteiger partial charge in [-0.15, -0.1) is 0 Å². The summed E-state index contributed by atoms with van der Waals surface area (Å²) in [5.74, 6) is -0.0213. The van der Waals surface area contributed by atoms with Gasteiger partial charge in [-0.1, -0.05) is 31.2 Å². The number of nitrogens with zero attached hydrogens (tertiary/aromatic N) is 2. The number of carbonyl (C=O) groups is 1. The Morgan fingerprint density at radius 2 is 1.77 bits per heavy atom. The molecule has 0 bridgehead atoms.